The minimum atomic E-state index is -0.371. The second kappa shape index (κ2) is 7.15. The fourth-order valence-corrected chi connectivity index (χ4v) is 2.86. The average Bonchev–Trinajstić information content (AvgIpc) is 2.47. The number of rotatable bonds is 3. The van der Waals surface area contributed by atoms with Crippen molar-refractivity contribution in [2.45, 2.75) is 52.2 Å². The molecule has 1 amide bonds. The maximum absolute atomic E-state index is 12.0. The van der Waals surface area contributed by atoms with Gasteiger partial charge in [-0.3, -0.25) is 0 Å². The van der Waals surface area contributed by atoms with Crippen LogP contribution in [0.4, 0.5) is 22.0 Å². The molecule has 7 nitrogen and oxygen atoms in total. The second-order valence-corrected chi connectivity index (χ2v) is 7.29. The summed E-state index contributed by atoms with van der Waals surface area (Å²) in [5.74, 6) is 0.679. The first-order valence-electron chi connectivity index (χ1n) is 8.38. The van der Waals surface area contributed by atoms with Crippen molar-refractivity contribution in [3.8, 4) is 0 Å². The summed E-state index contributed by atoms with van der Waals surface area (Å²) in [6, 6.07) is 1.98. The van der Waals surface area contributed by atoms with Crippen molar-refractivity contribution in [2.75, 3.05) is 36.1 Å². The number of amides is 1. The Morgan fingerprint density at radius 3 is 2.79 bits per heavy atom. The van der Waals surface area contributed by atoms with E-state index in [0.717, 1.165) is 30.8 Å². The highest BCUT2D eigenvalue weighted by atomic mass is 16.6. The van der Waals surface area contributed by atoms with E-state index < -0.39 is 0 Å². The van der Waals surface area contributed by atoms with Crippen molar-refractivity contribution < 1.29 is 9.53 Å². The molecule has 7 heteroatoms. The first-order valence-corrected chi connectivity index (χ1v) is 8.38. The number of nitrogens with two attached hydrogens (primary N) is 1. The summed E-state index contributed by atoms with van der Waals surface area (Å²) < 4.78 is 5.58. The van der Waals surface area contributed by atoms with E-state index in [4.69, 9.17) is 10.5 Å². The van der Waals surface area contributed by atoms with E-state index >= 15 is 0 Å². The zero-order valence-corrected chi connectivity index (χ0v) is 15.3. The van der Waals surface area contributed by atoms with Gasteiger partial charge in [0.2, 0.25) is 0 Å². The van der Waals surface area contributed by atoms with Crippen molar-refractivity contribution in [1.82, 2.24) is 10.3 Å². The molecule has 1 aromatic heterocycles. The first-order chi connectivity index (χ1) is 11.2. The maximum Gasteiger partial charge on any atom is 0.407 e. The lowest BCUT2D eigenvalue weighted by Crippen LogP contribution is -2.46. The summed E-state index contributed by atoms with van der Waals surface area (Å²) in [5, 5.41) is 5.86. The topological polar surface area (TPSA) is 92.5 Å². The number of alkyl carbamates (subject to hydrolysis) is 1. The van der Waals surface area contributed by atoms with Gasteiger partial charge in [0.1, 0.15) is 6.10 Å². The Morgan fingerprint density at radius 2 is 2.17 bits per heavy atom. The van der Waals surface area contributed by atoms with E-state index in [1.807, 2.05) is 33.8 Å². The number of hydrogen-bond donors (Lipinski definition) is 3. The molecule has 0 saturated carbocycles. The van der Waals surface area contributed by atoms with E-state index in [9.17, 15) is 4.79 Å². The molecule has 2 heterocycles. The molecular weight excluding hydrogens is 306 g/mol. The molecule has 0 spiro atoms. The Kier molecular flexibility index (Phi) is 5.41. The third-order valence-electron chi connectivity index (χ3n) is 3.87. The Bertz CT molecular complexity index is 597. The molecule has 0 radical (unpaired) electrons. The Labute approximate surface area is 143 Å². The van der Waals surface area contributed by atoms with Crippen molar-refractivity contribution >= 4 is 23.3 Å². The van der Waals surface area contributed by atoms with Gasteiger partial charge < -0.3 is 26.0 Å². The Morgan fingerprint density at radius 1 is 1.46 bits per heavy atom. The lowest BCUT2D eigenvalue weighted by Gasteiger charge is -2.35. The number of nitrogens with zero attached hydrogens (tertiary/aromatic N) is 2. The predicted molar refractivity (Wildman–Crippen MR) is 97.5 cm³/mol. The van der Waals surface area contributed by atoms with Gasteiger partial charge in [-0.1, -0.05) is 0 Å². The normalized spacial score (nSPS) is 18.2. The van der Waals surface area contributed by atoms with Gasteiger partial charge >= 0.3 is 6.09 Å². The van der Waals surface area contributed by atoms with Crippen LogP contribution in [0.15, 0.2) is 6.07 Å². The van der Waals surface area contributed by atoms with E-state index in [1.54, 1.807) is 7.05 Å². The zero-order chi connectivity index (χ0) is 17.9. The van der Waals surface area contributed by atoms with Crippen molar-refractivity contribution in [1.29, 1.82) is 0 Å². The van der Waals surface area contributed by atoms with Crippen LogP contribution in [0.5, 0.6) is 0 Å². The first kappa shape index (κ1) is 18.2. The van der Waals surface area contributed by atoms with Crippen molar-refractivity contribution in [2.24, 2.45) is 0 Å². The molecule has 1 aliphatic heterocycles. The molecule has 1 atom stereocenters. The molecule has 1 aliphatic rings. The molecular formula is C17H29N5O2. The second-order valence-electron chi connectivity index (χ2n) is 7.29. The highest BCUT2D eigenvalue weighted by molar-refractivity contribution is 5.79. The van der Waals surface area contributed by atoms with Gasteiger partial charge in [-0.2, -0.15) is 0 Å². The van der Waals surface area contributed by atoms with Crippen molar-refractivity contribution in [3.05, 3.63) is 11.8 Å². The fourth-order valence-electron chi connectivity index (χ4n) is 2.86. The number of ether oxygens (including phenoxy) is 1. The molecule has 24 heavy (non-hydrogen) atoms. The monoisotopic (exact) mass is 335 g/mol. The van der Waals surface area contributed by atoms with Gasteiger partial charge in [-0.05, 0) is 46.6 Å². The Balaban J connectivity index is 2.08. The lowest BCUT2D eigenvalue weighted by molar-refractivity contribution is 0.0826. The van der Waals surface area contributed by atoms with Crippen LogP contribution in [-0.4, -0.2) is 42.9 Å². The number of aromatic nitrogens is 1. The number of carbonyl (C=O) groups is 1. The number of hydrogen-bond acceptors (Lipinski definition) is 6. The van der Waals surface area contributed by atoms with E-state index in [0.29, 0.717) is 18.1 Å². The standard InChI is InChI=1S/C17H29N5O2/c1-11-9-13(14(18)15(19-5)20-11)22-8-6-7-12(10-22)24-16(23)21-17(2,3)4/h9,12H,6-8,10,18H2,1-5H3,(H,19,20)(H,21,23). The van der Waals surface area contributed by atoms with E-state index in [-0.39, 0.29) is 17.7 Å². The number of anilines is 3. The molecule has 1 unspecified atom stereocenters. The van der Waals surface area contributed by atoms with Crippen LogP contribution in [0, 0.1) is 6.92 Å². The summed E-state index contributed by atoms with van der Waals surface area (Å²) in [7, 11) is 1.81. The molecule has 2 rings (SSSR count). The summed E-state index contributed by atoms with van der Waals surface area (Å²) in [6.45, 7) is 9.26. The van der Waals surface area contributed by atoms with Crippen LogP contribution >= 0.6 is 0 Å². The summed E-state index contributed by atoms with van der Waals surface area (Å²) in [4.78, 5) is 18.6. The van der Waals surface area contributed by atoms with Crippen LogP contribution in [0.3, 0.4) is 0 Å². The van der Waals surface area contributed by atoms with Gasteiger partial charge in [0.15, 0.2) is 5.82 Å². The lowest BCUT2D eigenvalue weighted by atomic mass is 10.1. The van der Waals surface area contributed by atoms with E-state index in [1.165, 1.54) is 0 Å². The summed E-state index contributed by atoms with van der Waals surface area (Å²) >= 11 is 0. The third-order valence-corrected chi connectivity index (χ3v) is 3.87. The number of nitrogen functional groups attached to an aromatic ring is 1. The quantitative estimate of drug-likeness (QED) is 0.786. The van der Waals surface area contributed by atoms with Crippen LogP contribution in [0.1, 0.15) is 39.3 Å². The molecule has 1 aromatic rings. The van der Waals surface area contributed by atoms with Gasteiger partial charge in [0, 0.05) is 24.8 Å². The van der Waals surface area contributed by atoms with Gasteiger partial charge in [-0.15, -0.1) is 0 Å². The minimum Gasteiger partial charge on any atom is -0.444 e. The van der Waals surface area contributed by atoms with Gasteiger partial charge in [0.05, 0.1) is 17.9 Å². The van der Waals surface area contributed by atoms with Crippen LogP contribution < -0.4 is 21.3 Å². The molecule has 134 valence electrons. The van der Waals surface area contributed by atoms with Crippen LogP contribution in [-0.2, 0) is 4.74 Å². The highest BCUT2D eigenvalue weighted by Crippen LogP contribution is 2.32. The van der Waals surface area contributed by atoms with E-state index in [2.05, 4.69) is 20.5 Å². The molecule has 0 aliphatic carbocycles. The smallest absolute Gasteiger partial charge is 0.407 e. The average molecular weight is 335 g/mol. The number of aryl methyl sites for hydroxylation is 1. The SMILES string of the molecule is CNc1nc(C)cc(N2CCCC(OC(=O)NC(C)(C)C)C2)c1N. The molecule has 4 N–H and O–H groups in total. The highest BCUT2D eigenvalue weighted by Gasteiger charge is 2.26. The minimum absolute atomic E-state index is 0.146. The fraction of sp³-hybridized carbons (Fsp3) is 0.647. The number of pyridine rings is 1. The third kappa shape index (κ3) is 4.66. The Hall–Kier alpha value is -2.18. The number of carbonyl (C=O) groups excluding carboxylic acids is 1. The van der Waals surface area contributed by atoms with Gasteiger partial charge in [0.25, 0.3) is 0 Å². The van der Waals surface area contributed by atoms with Crippen LogP contribution in [0.25, 0.3) is 0 Å². The molecule has 1 fully saturated rings. The largest absolute Gasteiger partial charge is 0.444 e. The van der Waals surface area contributed by atoms with Crippen molar-refractivity contribution in [3.63, 3.8) is 0 Å². The number of nitrogens with one attached hydrogen (secondary N) is 2. The maximum atomic E-state index is 12.0. The summed E-state index contributed by atoms with van der Waals surface area (Å²) in [5.41, 5.74) is 8.40. The number of piperidine rings is 1. The van der Waals surface area contributed by atoms with Gasteiger partial charge in [-0.25, -0.2) is 9.78 Å². The molecule has 0 aromatic carbocycles. The zero-order valence-electron chi connectivity index (χ0n) is 15.3. The predicted octanol–water partition coefficient (Wildman–Crippen LogP) is 2.51. The molecule has 0 bridgehead atoms. The summed E-state index contributed by atoms with van der Waals surface area (Å²) in [6.07, 6.45) is 1.29. The molecule has 1 saturated heterocycles. The van der Waals surface area contributed by atoms with Crippen LogP contribution in [0.2, 0.25) is 0 Å².